The minimum Gasteiger partial charge on any atom is -0.324 e. The summed E-state index contributed by atoms with van der Waals surface area (Å²) in [5.74, 6) is 0.290. The monoisotopic (exact) mass is 320 g/mol. The average Bonchev–Trinajstić information content (AvgIpc) is 2.47. The summed E-state index contributed by atoms with van der Waals surface area (Å²) in [6.07, 6.45) is 0. The molecule has 1 aliphatic rings. The molecule has 1 heterocycles. The van der Waals surface area contributed by atoms with Crippen LogP contribution in [0.15, 0.2) is 58.3 Å². The second-order valence-corrected chi connectivity index (χ2v) is 7.17. The van der Waals surface area contributed by atoms with Gasteiger partial charge >= 0.3 is 0 Å². The number of carbonyl (C=O) groups is 1. The molecule has 0 fully saturated rings. The maximum atomic E-state index is 12.2. The molecule has 108 valence electrons. The predicted molar refractivity (Wildman–Crippen MR) is 83.0 cm³/mol. The lowest BCUT2D eigenvalue weighted by Gasteiger charge is -2.17. The second-order valence-electron chi connectivity index (χ2n) is 4.47. The molecule has 7 heteroatoms. The molecule has 1 aliphatic heterocycles. The van der Waals surface area contributed by atoms with E-state index in [2.05, 4.69) is 10.0 Å². The number of hydrogen-bond acceptors (Lipinski definition) is 4. The molecule has 0 aromatic heterocycles. The first-order valence-corrected chi connectivity index (χ1v) is 8.66. The molecule has 5 nitrogen and oxygen atoms in total. The Morgan fingerprint density at radius 1 is 1.10 bits per heavy atom. The molecule has 0 radical (unpaired) electrons. The highest BCUT2D eigenvalue weighted by Gasteiger charge is 2.18. The minimum absolute atomic E-state index is 0.0874. The lowest BCUT2D eigenvalue weighted by atomic mass is 10.3. The summed E-state index contributed by atoms with van der Waals surface area (Å²) < 4.78 is 27.0. The van der Waals surface area contributed by atoms with Crippen molar-refractivity contribution in [2.24, 2.45) is 0 Å². The number of benzene rings is 2. The molecule has 0 bridgehead atoms. The normalized spacial score (nSPS) is 14.2. The first kappa shape index (κ1) is 14.0. The Bertz CT molecular complexity index is 789. The summed E-state index contributed by atoms with van der Waals surface area (Å²) in [7, 11) is -3.62. The summed E-state index contributed by atoms with van der Waals surface area (Å²) in [6, 6.07) is 13.2. The molecule has 2 aromatic carbocycles. The van der Waals surface area contributed by atoms with Gasteiger partial charge in [-0.25, -0.2) is 8.42 Å². The van der Waals surface area contributed by atoms with E-state index >= 15 is 0 Å². The van der Waals surface area contributed by atoms with E-state index in [0.717, 1.165) is 4.90 Å². The van der Waals surface area contributed by atoms with Gasteiger partial charge in [-0.1, -0.05) is 18.2 Å². The Labute approximate surface area is 126 Å². The molecule has 0 saturated heterocycles. The zero-order valence-corrected chi connectivity index (χ0v) is 12.5. The fraction of sp³-hybridized carbons (Fsp3) is 0.0714. The molecule has 0 saturated carbocycles. The topological polar surface area (TPSA) is 75.3 Å². The first-order chi connectivity index (χ1) is 10.0. The van der Waals surface area contributed by atoms with E-state index in [9.17, 15) is 13.2 Å². The van der Waals surface area contributed by atoms with Crippen LogP contribution in [-0.4, -0.2) is 20.1 Å². The number of rotatable bonds is 3. The Morgan fingerprint density at radius 2 is 1.86 bits per heavy atom. The SMILES string of the molecule is O=C1CSc2ccc(NS(=O)(=O)c3ccccc3)cc2N1. The standard InChI is InChI=1S/C14H12N2O3S2/c17-14-9-20-13-7-6-10(8-12(13)15-14)16-21(18,19)11-4-2-1-3-5-11/h1-8,16H,9H2,(H,15,17). The lowest BCUT2D eigenvalue weighted by molar-refractivity contribution is -0.113. The van der Waals surface area contributed by atoms with E-state index in [0.29, 0.717) is 17.1 Å². The highest BCUT2D eigenvalue weighted by molar-refractivity contribution is 8.00. The molecule has 3 rings (SSSR count). The Morgan fingerprint density at radius 3 is 2.62 bits per heavy atom. The van der Waals surface area contributed by atoms with Gasteiger partial charge in [0.1, 0.15) is 0 Å². The molecule has 0 unspecified atom stereocenters. The van der Waals surface area contributed by atoms with Crippen LogP contribution in [0.25, 0.3) is 0 Å². The highest BCUT2D eigenvalue weighted by Crippen LogP contribution is 2.33. The third-order valence-corrected chi connectivity index (χ3v) is 5.39. The summed E-state index contributed by atoms with van der Waals surface area (Å²) in [4.78, 5) is 12.5. The average molecular weight is 320 g/mol. The Balaban J connectivity index is 1.89. The Kier molecular flexibility index (Phi) is 3.60. The fourth-order valence-electron chi connectivity index (χ4n) is 1.96. The van der Waals surface area contributed by atoms with Crippen molar-refractivity contribution >= 4 is 39.1 Å². The van der Waals surface area contributed by atoms with Gasteiger partial charge in [0.25, 0.3) is 10.0 Å². The predicted octanol–water partition coefficient (Wildman–Crippen LogP) is 2.53. The van der Waals surface area contributed by atoms with Gasteiger partial charge in [-0.2, -0.15) is 0 Å². The van der Waals surface area contributed by atoms with E-state index in [1.165, 1.54) is 23.9 Å². The van der Waals surface area contributed by atoms with E-state index in [4.69, 9.17) is 0 Å². The van der Waals surface area contributed by atoms with Crippen LogP contribution in [-0.2, 0) is 14.8 Å². The van der Waals surface area contributed by atoms with Crippen molar-refractivity contribution in [3.05, 3.63) is 48.5 Å². The fourth-order valence-corrected chi connectivity index (χ4v) is 3.82. The van der Waals surface area contributed by atoms with Crippen LogP contribution in [0.2, 0.25) is 0 Å². The quantitative estimate of drug-likeness (QED) is 0.911. The van der Waals surface area contributed by atoms with Crippen molar-refractivity contribution in [2.75, 3.05) is 15.8 Å². The summed E-state index contributed by atoms with van der Waals surface area (Å²) in [5.41, 5.74) is 1.05. The van der Waals surface area contributed by atoms with Crippen LogP contribution >= 0.6 is 11.8 Å². The molecule has 2 aromatic rings. The lowest BCUT2D eigenvalue weighted by Crippen LogP contribution is -2.19. The highest BCUT2D eigenvalue weighted by atomic mass is 32.2. The van der Waals surface area contributed by atoms with Crippen LogP contribution in [0, 0.1) is 0 Å². The summed E-state index contributed by atoms with van der Waals surface area (Å²) in [6.45, 7) is 0. The van der Waals surface area contributed by atoms with Crippen LogP contribution in [0.4, 0.5) is 11.4 Å². The molecule has 21 heavy (non-hydrogen) atoms. The van der Waals surface area contributed by atoms with Crippen LogP contribution in [0.5, 0.6) is 0 Å². The number of sulfonamides is 1. The summed E-state index contributed by atoms with van der Waals surface area (Å²) in [5, 5.41) is 2.73. The number of carbonyl (C=O) groups excluding carboxylic acids is 1. The van der Waals surface area contributed by atoms with E-state index in [1.807, 2.05) is 0 Å². The number of nitrogens with one attached hydrogen (secondary N) is 2. The van der Waals surface area contributed by atoms with Crippen molar-refractivity contribution in [1.29, 1.82) is 0 Å². The van der Waals surface area contributed by atoms with Gasteiger partial charge in [0.15, 0.2) is 0 Å². The molecule has 0 atom stereocenters. The van der Waals surface area contributed by atoms with E-state index in [1.54, 1.807) is 36.4 Å². The van der Waals surface area contributed by atoms with Gasteiger partial charge in [-0.15, -0.1) is 11.8 Å². The maximum absolute atomic E-state index is 12.2. The summed E-state index contributed by atoms with van der Waals surface area (Å²) >= 11 is 1.43. The van der Waals surface area contributed by atoms with Crippen molar-refractivity contribution < 1.29 is 13.2 Å². The molecular weight excluding hydrogens is 308 g/mol. The third-order valence-electron chi connectivity index (χ3n) is 2.92. The second kappa shape index (κ2) is 5.42. The van der Waals surface area contributed by atoms with Gasteiger partial charge in [0.05, 0.1) is 22.0 Å². The van der Waals surface area contributed by atoms with Crippen LogP contribution < -0.4 is 10.0 Å². The number of amides is 1. The number of thioether (sulfide) groups is 1. The van der Waals surface area contributed by atoms with Crippen LogP contribution in [0.3, 0.4) is 0 Å². The zero-order chi connectivity index (χ0) is 14.9. The molecular formula is C14H12N2O3S2. The number of hydrogen-bond donors (Lipinski definition) is 2. The third kappa shape index (κ3) is 3.03. The van der Waals surface area contributed by atoms with Gasteiger partial charge in [0.2, 0.25) is 5.91 Å². The number of fused-ring (bicyclic) bond motifs is 1. The largest absolute Gasteiger partial charge is 0.324 e. The van der Waals surface area contributed by atoms with Gasteiger partial charge < -0.3 is 5.32 Å². The number of anilines is 2. The molecule has 0 spiro atoms. The Hall–Kier alpha value is -1.99. The van der Waals surface area contributed by atoms with Gasteiger partial charge in [0, 0.05) is 4.90 Å². The van der Waals surface area contributed by atoms with Gasteiger partial charge in [-0.3, -0.25) is 9.52 Å². The van der Waals surface area contributed by atoms with Gasteiger partial charge in [-0.05, 0) is 30.3 Å². The van der Waals surface area contributed by atoms with Crippen molar-refractivity contribution in [2.45, 2.75) is 9.79 Å². The minimum atomic E-state index is -3.62. The molecule has 2 N–H and O–H groups in total. The first-order valence-electron chi connectivity index (χ1n) is 6.19. The van der Waals surface area contributed by atoms with E-state index < -0.39 is 10.0 Å². The van der Waals surface area contributed by atoms with Crippen LogP contribution in [0.1, 0.15) is 0 Å². The van der Waals surface area contributed by atoms with Crippen molar-refractivity contribution in [3.63, 3.8) is 0 Å². The molecule has 0 aliphatic carbocycles. The smallest absolute Gasteiger partial charge is 0.261 e. The van der Waals surface area contributed by atoms with E-state index in [-0.39, 0.29) is 10.8 Å². The van der Waals surface area contributed by atoms with Crippen molar-refractivity contribution in [3.8, 4) is 0 Å². The van der Waals surface area contributed by atoms with Crippen molar-refractivity contribution in [1.82, 2.24) is 0 Å². The zero-order valence-electron chi connectivity index (χ0n) is 10.9. The molecule has 1 amide bonds. The maximum Gasteiger partial charge on any atom is 0.261 e.